The molecule has 1 aliphatic heterocycles. The number of nitrogens with two attached hydrogens (primary N) is 1. The summed E-state index contributed by atoms with van der Waals surface area (Å²) in [6.45, 7) is 2.94. The summed E-state index contributed by atoms with van der Waals surface area (Å²) in [4.78, 5) is 17.8. The molecule has 5 nitrogen and oxygen atoms in total. The average molecular weight is 317 g/mol. The molecule has 22 heavy (non-hydrogen) atoms. The first kappa shape index (κ1) is 15.1. The van der Waals surface area contributed by atoms with E-state index in [-0.39, 0.29) is 12.0 Å². The number of hydrogen-bond acceptors (Lipinski definition) is 5. The number of carbonyl (C=O) groups excluding carboxylic acids is 1. The molecule has 1 fully saturated rings. The van der Waals surface area contributed by atoms with Crippen molar-refractivity contribution in [1.29, 1.82) is 0 Å². The van der Waals surface area contributed by atoms with Crippen molar-refractivity contribution in [3.63, 3.8) is 0 Å². The molecule has 2 aromatic rings. The SMILES string of the molecule is NC(=O)CCN1CCO[C@H](c2nc(-c3ccccc3)cs2)C1. The first-order valence-corrected chi connectivity index (χ1v) is 8.23. The number of hydrogen-bond donors (Lipinski definition) is 1. The second-order valence-corrected chi connectivity index (χ2v) is 6.20. The average Bonchev–Trinajstić information content (AvgIpc) is 3.04. The summed E-state index contributed by atoms with van der Waals surface area (Å²) in [7, 11) is 0. The minimum absolute atomic E-state index is 0.0240. The standard InChI is InChI=1S/C16H19N3O2S/c17-15(20)6-7-19-8-9-21-14(10-19)16-18-13(11-22-16)12-4-2-1-3-5-12/h1-5,11,14H,6-10H2,(H2,17,20)/t14-/m0/s1. The highest BCUT2D eigenvalue weighted by Crippen LogP contribution is 2.29. The summed E-state index contributed by atoms with van der Waals surface area (Å²) in [5, 5.41) is 3.05. The molecule has 2 N–H and O–H groups in total. The minimum Gasteiger partial charge on any atom is -0.370 e. The lowest BCUT2D eigenvalue weighted by Gasteiger charge is -2.31. The van der Waals surface area contributed by atoms with E-state index in [0.717, 1.165) is 29.4 Å². The predicted molar refractivity (Wildman–Crippen MR) is 86.5 cm³/mol. The molecule has 0 saturated carbocycles. The van der Waals surface area contributed by atoms with Gasteiger partial charge in [-0.3, -0.25) is 9.69 Å². The van der Waals surface area contributed by atoms with Gasteiger partial charge in [-0.05, 0) is 0 Å². The summed E-state index contributed by atoms with van der Waals surface area (Å²) in [6, 6.07) is 10.1. The molecule has 6 heteroatoms. The number of primary amides is 1. The Morgan fingerprint density at radius 2 is 2.23 bits per heavy atom. The molecule has 0 aliphatic carbocycles. The Hall–Kier alpha value is -1.76. The zero-order chi connectivity index (χ0) is 15.4. The minimum atomic E-state index is -0.261. The largest absolute Gasteiger partial charge is 0.370 e. The molecule has 1 amide bonds. The monoisotopic (exact) mass is 317 g/mol. The van der Waals surface area contributed by atoms with Gasteiger partial charge in [0, 0.05) is 37.0 Å². The second-order valence-electron chi connectivity index (χ2n) is 5.31. The fourth-order valence-corrected chi connectivity index (χ4v) is 3.37. The highest BCUT2D eigenvalue weighted by molar-refractivity contribution is 7.10. The third-order valence-corrected chi connectivity index (χ3v) is 4.63. The normalized spacial score (nSPS) is 19.2. The number of nitrogens with zero attached hydrogens (tertiary/aromatic N) is 2. The number of carbonyl (C=O) groups is 1. The number of benzene rings is 1. The second kappa shape index (κ2) is 7.00. The van der Waals surface area contributed by atoms with Gasteiger partial charge in [0.1, 0.15) is 11.1 Å². The van der Waals surface area contributed by atoms with E-state index in [4.69, 9.17) is 15.5 Å². The van der Waals surface area contributed by atoms with Crippen LogP contribution >= 0.6 is 11.3 Å². The van der Waals surface area contributed by atoms with Gasteiger partial charge < -0.3 is 10.5 Å². The molecule has 1 atom stereocenters. The van der Waals surface area contributed by atoms with E-state index in [2.05, 4.69) is 22.4 Å². The van der Waals surface area contributed by atoms with Gasteiger partial charge in [-0.2, -0.15) is 0 Å². The Labute approximate surface area is 133 Å². The van der Waals surface area contributed by atoms with Crippen LogP contribution in [-0.2, 0) is 9.53 Å². The number of morpholine rings is 1. The summed E-state index contributed by atoms with van der Waals surface area (Å²) in [5.74, 6) is -0.261. The molecule has 1 aromatic heterocycles. The molecule has 1 aliphatic rings. The van der Waals surface area contributed by atoms with Crippen LogP contribution in [0.1, 0.15) is 17.5 Å². The summed E-state index contributed by atoms with van der Waals surface area (Å²) < 4.78 is 5.84. The van der Waals surface area contributed by atoms with Crippen LogP contribution in [0.25, 0.3) is 11.3 Å². The Kier molecular flexibility index (Phi) is 4.82. The number of aromatic nitrogens is 1. The van der Waals surface area contributed by atoms with Gasteiger partial charge in [-0.25, -0.2) is 4.98 Å². The van der Waals surface area contributed by atoms with Crippen LogP contribution in [0.3, 0.4) is 0 Å². The Balaban J connectivity index is 1.66. The van der Waals surface area contributed by atoms with E-state index in [1.165, 1.54) is 0 Å². The van der Waals surface area contributed by atoms with Crippen molar-refractivity contribution < 1.29 is 9.53 Å². The van der Waals surface area contributed by atoms with Crippen LogP contribution < -0.4 is 5.73 Å². The smallest absolute Gasteiger partial charge is 0.218 e. The fraction of sp³-hybridized carbons (Fsp3) is 0.375. The van der Waals surface area contributed by atoms with Crippen LogP contribution in [0.4, 0.5) is 0 Å². The highest BCUT2D eigenvalue weighted by atomic mass is 32.1. The zero-order valence-electron chi connectivity index (χ0n) is 12.3. The van der Waals surface area contributed by atoms with Gasteiger partial charge in [-0.1, -0.05) is 30.3 Å². The molecule has 1 saturated heterocycles. The molecule has 1 aromatic carbocycles. The zero-order valence-corrected chi connectivity index (χ0v) is 13.1. The van der Waals surface area contributed by atoms with Crippen LogP contribution in [0, 0.1) is 0 Å². The van der Waals surface area contributed by atoms with Crippen LogP contribution in [0.15, 0.2) is 35.7 Å². The first-order valence-electron chi connectivity index (χ1n) is 7.35. The summed E-state index contributed by atoms with van der Waals surface area (Å²) in [5.41, 5.74) is 7.32. The maximum atomic E-state index is 10.9. The number of ether oxygens (including phenoxy) is 1. The topological polar surface area (TPSA) is 68.5 Å². The van der Waals surface area contributed by atoms with Gasteiger partial charge in [-0.15, -0.1) is 11.3 Å². The molecule has 2 heterocycles. The molecule has 0 radical (unpaired) electrons. The van der Waals surface area contributed by atoms with Crippen LogP contribution in [0.2, 0.25) is 0 Å². The summed E-state index contributed by atoms with van der Waals surface area (Å²) in [6.07, 6.45) is 0.365. The van der Waals surface area contributed by atoms with E-state index in [1.54, 1.807) is 11.3 Å². The molecule has 0 spiro atoms. The van der Waals surface area contributed by atoms with Gasteiger partial charge >= 0.3 is 0 Å². The molecule has 3 rings (SSSR count). The third-order valence-electron chi connectivity index (χ3n) is 3.69. The highest BCUT2D eigenvalue weighted by Gasteiger charge is 2.24. The van der Waals surface area contributed by atoms with E-state index in [1.807, 2.05) is 18.2 Å². The third kappa shape index (κ3) is 3.71. The number of amides is 1. The van der Waals surface area contributed by atoms with Crippen molar-refractivity contribution >= 4 is 17.2 Å². The number of thiazole rings is 1. The quantitative estimate of drug-likeness (QED) is 0.916. The maximum absolute atomic E-state index is 10.9. The van der Waals surface area contributed by atoms with Gasteiger partial charge in [0.25, 0.3) is 0 Å². The summed E-state index contributed by atoms with van der Waals surface area (Å²) >= 11 is 1.62. The fourth-order valence-electron chi connectivity index (χ4n) is 2.50. The van der Waals surface area contributed by atoms with Crippen molar-refractivity contribution in [2.75, 3.05) is 26.2 Å². The Morgan fingerprint density at radius 3 is 3.00 bits per heavy atom. The van der Waals surface area contributed by atoms with Crippen LogP contribution in [0.5, 0.6) is 0 Å². The lowest BCUT2D eigenvalue weighted by atomic mass is 10.2. The van der Waals surface area contributed by atoms with Crippen molar-refractivity contribution in [2.24, 2.45) is 5.73 Å². The van der Waals surface area contributed by atoms with E-state index in [9.17, 15) is 4.79 Å². The van der Waals surface area contributed by atoms with Crippen molar-refractivity contribution in [1.82, 2.24) is 9.88 Å². The predicted octanol–water partition coefficient (Wildman–Crippen LogP) is 2.06. The van der Waals surface area contributed by atoms with Gasteiger partial charge in [0.05, 0.1) is 12.3 Å². The van der Waals surface area contributed by atoms with Crippen molar-refractivity contribution in [3.8, 4) is 11.3 Å². The Bertz CT molecular complexity index is 629. The van der Waals surface area contributed by atoms with E-state index < -0.39 is 0 Å². The van der Waals surface area contributed by atoms with Crippen LogP contribution in [-0.4, -0.2) is 42.0 Å². The van der Waals surface area contributed by atoms with Gasteiger partial charge in [0.2, 0.25) is 5.91 Å². The van der Waals surface area contributed by atoms with Crippen molar-refractivity contribution in [2.45, 2.75) is 12.5 Å². The van der Waals surface area contributed by atoms with E-state index in [0.29, 0.717) is 19.6 Å². The van der Waals surface area contributed by atoms with Crippen molar-refractivity contribution in [3.05, 3.63) is 40.7 Å². The lowest BCUT2D eigenvalue weighted by Crippen LogP contribution is -2.39. The molecular formula is C16H19N3O2S. The first-order chi connectivity index (χ1) is 10.7. The maximum Gasteiger partial charge on any atom is 0.218 e. The van der Waals surface area contributed by atoms with Gasteiger partial charge in [0.15, 0.2) is 0 Å². The molecular weight excluding hydrogens is 298 g/mol. The van der Waals surface area contributed by atoms with E-state index >= 15 is 0 Å². The molecule has 0 bridgehead atoms. The molecule has 116 valence electrons. The Morgan fingerprint density at radius 1 is 1.41 bits per heavy atom. The lowest BCUT2D eigenvalue weighted by molar-refractivity contribution is -0.118. The molecule has 0 unspecified atom stereocenters. The number of rotatable bonds is 5.